The van der Waals surface area contributed by atoms with E-state index in [2.05, 4.69) is 27.9 Å². The number of anilines is 1. The predicted molar refractivity (Wildman–Crippen MR) is 125 cm³/mol. The van der Waals surface area contributed by atoms with Crippen LogP contribution in [0.15, 0.2) is 41.3 Å². The van der Waals surface area contributed by atoms with Gasteiger partial charge < -0.3 is 14.8 Å². The van der Waals surface area contributed by atoms with E-state index < -0.39 is 23.6 Å². The number of ether oxygens (including phenoxy) is 2. The van der Waals surface area contributed by atoms with Gasteiger partial charge in [0.05, 0.1) is 33.4 Å². The van der Waals surface area contributed by atoms with Crippen molar-refractivity contribution in [1.82, 2.24) is 4.90 Å². The summed E-state index contributed by atoms with van der Waals surface area (Å²) in [6.07, 6.45) is 1.58. The Hall–Kier alpha value is -2.24. The minimum Gasteiger partial charge on any atom is -0.493 e. The lowest BCUT2D eigenvalue weighted by Gasteiger charge is -2.13. The first kappa shape index (κ1) is 22.4. The molecule has 2 aromatic rings. The van der Waals surface area contributed by atoms with Crippen molar-refractivity contribution >= 4 is 74.8 Å². The second-order valence-corrected chi connectivity index (χ2v) is 8.60. The molecule has 3 rings (SSSR count). The number of rotatable bonds is 6. The fourth-order valence-corrected chi connectivity index (χ4v) is 4.57. The van der Waals surface area contributed by atoms with Gasteiger partial charge in [-0.1, -0.05) is 23.7 Å². The number of benzene rings is 2. The molecule has 1 aliphatic rings. The van der Waals surface area contributed by atoms with Gasteiger partial charge in [-0.15, -0.1) is 0 Å². The molecule has 0 spiro atoms. The molecule has 30 heavy (non-hydrogen) atoms. The van der Waals surface area contributed by atoms with Crippen LogP contribution in [0, 0.1) is 3.57 Å². The molecule has 2 aromatic carbocycles. The maximum atomic E-state index is 12.7. The third kappa shape index (κ3) is 4.90. The van der Waals surface area contributed by atoms with Crippen LogP contribution in [0.3, 0.4) is 0 Å². The predicted octanol–water partition coefficient (Wildman–Crippen LogP) is 4.64. The molecule has 1 fully saturated rings. The number of amides is 3. The van der Waals surface area contributed by atoms with E-state index in [4.69, 9.17) is 21.1 Å². The molecule has 1 saturated heterocycles. The molecule has 1 aliphatic heterocycles. The number of methoxy groups -OCH3 is 2. The molecule has 1 N–H and O–H groups in total. The molecule has 0 aliphatic carbocycles. The molecule has 0 unspecified atom stereocenters. The van der Waals surface area contributed by atoms with Gasteiger partial charge in [0.1, 0.15) is 6.54 Å². The SMILES string of the molecule is COc1cc(/C=C2/SC(=O)N(CC(=O)Nc3ccccc3Cl)C2=O)cc(I)c1OC. The topological polar surface area (TPSA) is 84.9 Å². The van der Waals surface area contributed by atoms with Crippen molar-refractivity contribution in [2.75, 3.05) is 26.1 Å². The highest BCUT2D eigenvalue weighted by molar-refractivity contribution is 14.1. The van der Waals surface area contributed by atoms with Crippen LogP contribution in [0.1, 0.15) is 5.56 Å². The number of carbonyl (C=O) groups is 3. The highest BCUT2D eigenvalue weighted by Crippen LogP contribution is 2.37. The standard InChI is InChI=1S/C20H16ClIN2O5S/c1-28-15-8-11(7-13(22)18(15)29-2)9-16-19(26)24(20(27)30-16)10-17(25)23-14-6-4-3-5-12(14)21/h3-9H,10H2,1-2H3,(H,23,25)/b16-9+. The first-order valence-electron chi connectivity index (χ1n) is 8.55. The third-order valence-electron chi connectivity index (χ3n) is 4.08. The number of carbonyl (C=O) groups excluding carboxylic acids is 3. The van der Waals surface area contributed by atoms with E-state index in [1.54, 1.807) is 49.6 Å². The lowest BCUT2D eigenvalue weighted by molar-refractivity contribution is -0.127. The summed E-state index contributed by atoms with van der Waals surface area (Å²) >= 11 is 8.89. The third-order valence-corrected chi connectivity index (χ3v) is 6.12. The van der Waals surface area contributed by atoms with Crippen molar-refractivity contribution < 1.29 is 23.9 Å². The summed E-state index contributed by atoms with van der Waals surface area (Å²) in [5.74, 6) is 0.0324. The summed E-state index contributed by atoms with van der Waals surface area (Å²) in [6.45, 7) is -0.406. The van der Waals surface area contributed by atoms with E-state index in [1.165, 1.54) is 7.11 Å². The summed E-state index contributed by atoms with van der Waals surface area (Å²) in [5.41, 5.74) is 1.08. The van der Waals surface area contributed by atoms with Crippen molar-refractivity contribution in [2.24, 2.45) is 0 Å². The van der Waals surface area contributed by atoms with E-state index in [1.807, 2.05) is 0 Å². The van der Waals surface area contributed by atoms with Gasteiger partial charge in [-0.05, 0) is 70.3 Å². The minimum absolute atomic E-state index is 0.216. The van der Waals surface area contributed by atoms with Crippen LogP contribution in [0.25, 0.3) is 6.08 Å². The zero-order chi connectivity index (χ0) is 21.8. The van der Waals surface area contributed by atoms with Gasteiger partial charge in [-0.3, -0.25) is 19.3 Å². The summed E-state index contributed by atoms with van der Waals surface area (Å²) in [7, 11) is 3.06. The van der Waals surface area contributed by atoms with Crippen LogP contribution in [0.4, 0.5) is 10.5 Å². The lowest BCUT2D eigenvalue weighted by atomic mass is 10.2. The van der Waals surface area contributed by atoms with Crippen molar-refractivity contribution in [3.05, 3.63) is 55.5 Å². The van der Waals surface area contributed by atoms with E-state index >= 15 is 0 Å². The Bertz CT molecular complexity index is 1060. The smallest absolute Gasteiger partial charge is 0.294 e. The zero-order valence-corrected chi connectivity index (χ0v) is 19.6. The van der Waals surface area contributed by atoms with E-state index in [0.29, 0.717) is 27.8 Å². The Morgan fingerprint density at radius 3 is 2.63 bits per heavy atom. The van der Waals surface area contributed by atoms with Gasteiger partial charge in [0.2, 0.25) is 5.91 Å². The fourth-order valence-electron chi connectivity index (χ4n) is 2.70. The molecule has 7 nitrogen and oxygen atoms in total. The Labute approximate surface area is 195 Å². The number of nitrogens with one attached hydrogen (secondary N) is 1. The molecular formula is C20H16ClIN2O5S. The fraction of sp³-hybridized carbons (Fsp3) is 0.150. The number of para-hydroxylation sites is 1. The number of thioether (sulfide) groups is 1. The molecular weight excluding hydrogens is 543 g/mol. The number of nitrogens with zero attached hydrogens (tertiary/aromatic N) is 1. The minimum atomic E-state index is -0.538. The molecule has 156 valence electrons. The summed E-state index contributed by atoms with van der Waals surface area (Å²) in [4.78, 5) is 38.4. The summed E-state index contributed by atoms with van der Waals surface area (Å²) in [6, 6.07) is 10.2. The molecule has 0 aromatic heterocycles. The van der Waals surface area contributed by atoms with Crippen molar-refractivity contribution in [2.45, 2.75) is 0 Å². The molecule has 1 heterocycles. The van der Waals surface area contributed by atoms with E-state index in [0.717, 1.165) is 20.2 Å². The first-order valence-corrected chi connectivity index (χ1v) is 10.8. The molecule has 3 amide bonds. The van der Waals surface area contributed by atoms with Gasteiger partial charge in [0.15, 0.2) is 11.5 Å². The van der Waals surface area contributed by atoms with Crippen molar-refractivity contribution in [1.29, 1.82) is 0 Å². The number of imide groups is 1. The monoisotopic (exact) mass is 558 g/mol. The van der Waals surface area contributed by atoms with Crippen LogP contribution in [-0.4, -0.2) is 42.7 Å². The molecule has 0 radical (unpaired) electrons. The molecule has 0 atom stereocenters. The molecule has 10 heteroatoms. The van der Waals surface area contributed by atoms with Crippen molar-refractivity contribution in [3.63, 3.8) is 0 Å². The molecule has 0 saturated carbocycles. The number of halogens is 2. The van der Waals surface area contributed by atoms with Crippen LogP contribution in [0.2, 0.25) is 5.02 Å². The lowest BCUT2D eigenvalue weighted by Crippen LogP contribution is -2.36. The highest BCUT2D eigenvalue weighted by atomic mass is 127. The van der Waals surface area contributed by atoms with Gasteiger partial charge >= 0.3 is 0 Å². The van der Waals surface area contributed by atoms with E-state index in [9.17, 15) is 14.4 Å². The zero-order valence-electron chi connectivity index (χ0n) is 15.9. The van der Waals surface area contributed by atoms with Crippen molar-refractivity contribution in [3.8, 4) is 11.5 Å². The Morgan fingerprint density at radius 2 is 1.97 bits per heavy atom. The average molecular weight is 559 g/mol. The Balaban J connectivity index is 1.77. The van der Waals surface area contributed by atoms with Gasteiger partial charge in [-0.2, -0.15) is 0 Å². The molecule has 0 bridgehead atoms. The van der Waals surface area contributed by atoms with Crippen LogP contribution in [0.5, 0.6) is 11.5 Å². The maximum absolute atomic E-state index is 12.7. The van der Waals surface area contributed by atoms with Gasteiger partial charge in [-0.25, -0.2) is 0 Å². The van der Waals surface area contributed by atoms with Crippen LogP contribution >= 0.6 is 46.0 Å². The Morgan fingerprint density at radius 1 is 1.23 bits per heavy atom. The van der Waals surface area contributed by atoms with Gasteiger partial charge in [0.25, 0.3) is 11.1 Å². The van der Waals surface area contributed by atoms with E-state index in [-0.39, 0.29) is 4.91 Å². The number of hydrogen-bond acceptors (Lipinski definition) is 6. The summed E-state index contributed by atoms with van der Waals surface area (Å²) in [5, 5.41) is 2.45. The van der Waals surface area contributed by atoms with Crippen LogP contribution < -0.4 is 14.8 Å². The number of hydrogen-bond donors (Lipinski definition) is 1. The normalized spacial score (nSPS) is 14.9. The maximum Gasteiger partial charge on any atom is 0.294 e. The van der Waals surface area contributed by atoms with Crippen LogP contribution in [-0.2, 0) is 9.59 Å². The first-order chi connectivity index (χ1) is 14.3. The van der Waals surface area contributed by atoms with Gasteiger partial charge in [0, 0.05) is 0 Å². The highest BCUT2D eigenvalue weighted by Gasteiger charge is 2.36. The second kappa shape index (κ2) is 9.71. The second-order valence-electron chi connectivity index (χ2n) is 6.03. The quantitative estimate of drug-likeness (QED) is 0.411. The summed E-state index contributed by atoms with van der Waals surface area (Å²) < 4.78 is 11.4. The Kier molecular flexibility index (Phi) is 7.27. The average Bonchev–Trinajstić information content (AvgIpc) is 2.96. The largest absolute Gasteiger partial charge is 0.493 e.